The molecule has 0 unspecified atom stereocenters. The summed E-state index contributed by atoms with van der Waals surface area (Å²) in [7, 11) is 0. The molecule has 3 rings (SSSR count). The number of nitrogens with zero attached hydrogens (tertiary/aromatic N) is 4. The fraction of sp³-hybridized carbons (Fsp3) is 0.316. The Kier molecular flexibility index (Phi) is 6.28. The van der Waals surface area contributed by atoms with E-state index in [1.165, 1.54) is 6.92 Å². The van der Waals surface area contributed by atoms with Gasteiger partial charge in [-0.3, -0.25) is 14.2 Å². The highest BCUT2D eigenvalue weighted by Gasteiger charge is 2.38. The standard InChI is InChI=1S/C19H18BrClF3N5O/c1-10-16(20)11(2)28(26-10)8-13-5-4-6-14(7-13)25-15(30)9-29-12(3)17(21)18(27-29)19(22,23)24/h4-7H,8-9H2,1-3H3,(H,25,30). The van der Waals surface area contributed by atoms with Crippen LogP contribution in [0.3, 0.4) is 0 Å². The Morgan fingerprint density at radius 3 is 2.43 bits per heavy atom. The van der Waals surface area contributed by atoms with Crippen LogP contribution in [-0.4, -0.2) is 25.5 Å². The van der Waals surface area contributed by atoms with Gasteiger partial charge in [0.2, 0.25) is 5.91 Å². The molecule has 0 bridgehead atoms. The van der Waals surface area contributed by atoms with Gasteiger partial charge in [-0.15, -0.1) is 0 Å². The summed E-state index contributed by atoms with van der Waals surface area (Å²) in [5.41, 5.74) is 2.15. The van der Waals surface area contributed by atoms with E-state index in [4.69, 9.17) is 11.6 Å². The predicted molar refractivity (Wildman–Crippen MR) is 111 cm³/mol. The molecule has 1 amide bonds. The number of hydrogen-bond donors (Lipinski definition) is 1. The number of hydrogen-bond acceptors (Lipinski definition) is 3. The summed E-state index contributed by atoms with van der Waals surface area (Å²) in [6.45, 7) is 5.34. The molecule has 0 aliphatic carbocycles. The van der Waals surface area contributed by atoms with E-state index in [-0.39, 0.29) is 5.69 Å². The highest BCUT2D eigenvalue weighted by Crippen LogP contribution is 2.35. The molecule has 3 aromatic rings. The molecule has 2 heterocycles. The summed E-state index contributed by atoms with van der Waals surface area (Å²) in [4.78, 5) is 12.4. The number of carbonyl (C=O) groups is 1. The number of alkyl halides is 3. The summed E-state index contributed by atoms with van der Waals surface area (Å²) in [6, 6.07) is 7.16. The number of aryl methyl sites for hydroxylation is 1. The van der Waals surface area contributed by atoms with E-state index in [9.17, 15) is 18.0 Å². The van der Waals surface area contributed by atoms with Crippen LogP contribution in [0.1, 0.15) is 28.3 Å². The van der Waals surface area contributed by atoms with Gasteiger partial charge in [0, 0.05) is 5.69 Å². The second kappa shape index (κ2) is 8.43. The van der Waals surface area contributed by atoms with E-state index in [1.54, 1.807) is 18.2 Å². The summed E-state index contributed by atoms with van der Waals surface area (Å²) in [6.07, 6.45) is -4.68. The van der Waals surface area contributed by atoms with Crippen LogP contribution in [0.5, 0.6) is 0 Å². The molecule has 11 heteroatoms. The van der Waals surface area contributed by atoms with Crippen molar-refractivity contribution < 1.29 is 18.0 Å². The SMILES string of the molecule is Cc1nn(Cc2cccc(NC(=O)Cn3nc(C(F)(F)F)c(Cl)c3C)c2)c(C)c1Br. The highest BCUT2D eigenvalue weighted by atomic mass is 79.9. The number of benzene rings is 1. The van der Waals surface area contributed by atoms with Crippen LogP contribution >= 0.6 is 27.5 Å². The first-order valence-corrected chi connectivity index (χ1v) is 10.0. The van der Waals surface area contributed by atoms with Crippen molar-refractivity contribution in [3.8, 4) is 0 Å². The Hall–Kier alpha value is -2.33. The van der Waals surface area contributed by atoms with Gasteiger partial charge >= 0.3 is 6.18 Å². The summed E-state index contributed by atoms with van der Waals surface area (Å²) < 4.78 is 42.5. The lowest BCUT2D eigenvalue weighted by Crippen LogP contribution is -2.21. The number of nitrogens with one attached hydrogen (secondary N) is 1. The van der Waals surface area contributed by atoms with Gasteiger partial charge in [-0.25, -0.2) is 0 Å². The molecular weight excluding hydrogens is 487 g/mol. The highest BCUT2D eigenvalue weighted by molar-refractivity contribution is 9.10. The van der Waals surface area contributed by atoms with Crippen LogP contribution in [-0.2, 0) is 24.1 Å². The first-order valence-electron chi connectivity index (χ1n) is 8.85. The number of aromatic nitrogens is 4. The minimum absolute atomic E-state index is 0.0722. The van der Waals surface area contributed by atoms with Crippen molar-refractivity contribution in [1.82, 2.24) is 19.6 Å². The normalized spacial score (nSPS) is 11.7. The van der Waals surface area contributed by atoms with Gasteiger partial charge in [-0.2, -0.15) is 23.4 Å². The van der Waals surface area contributed by atoms with Gasteiger partial charge in [-0.05, 0) is 54.4 Å². The maximum Gasteiger partial charge on any atom is 0.436 e. The van der Waals surface area contributed by atoms with E-state index >= 15 is 0 Å². The fourth-order valence-electron chi connectivity index (χ4n) is 2.95. The summed E-state index contributed by atoms with van der Waals surface area (Å²) in [5, 5.41) is 10.1. The predicted octanol–water partition coefficient (Wildman–Crippen LogP) is 5.13. The monoisotopic (exact) mass is 503 g/mol. The average molecular weight is 505 g/mol. The second-order valence-corrected chi connectivity index (χ2v) is 7.97. The molecule has 0 atom stereocenters. The molecule has 6 nitrogen and oxygen atoms in total. The summed E-state index contributed by atoms with van der Waals surface area (Å²) in [5.74, 6) is -0.517. The third-order valence-corrected chi connectivity index (χ3v) is 6.13. The van der Waals surface area contributed by atoms with Crippen LogP contribution in [0.4, 0.5) is 18.9 Å². The first-order chi connectivity index (χ1) is 14.0. The minimum atomic E-state index is -4.68. The Labute approximate surface area is 184 Å². The van der Waals surface area contributed by atoms with Gasteiger partial charge in [0.15, 0.2) is 5.69 Å². The topological polar surface area (TPSA) is 64.7 Å². The quantitative estimate of drug-likeness (QED) is 0.524. The number of halogens is 5. The average Bonchev–Trinajstić information content (AvgIpc) is 3.07. The largest absolute Gasteiger partial charge is 0.436 e. The van der Waals surface area contributed by atoms with Crippen LogP contribution in [0.15, 0.2) is 28.7 Å². The third kappa shape index (κ3) is 4.70. The zero-order valence-corrected chi connectivity index (χ0v) is 18.7. The van der Waals surface area contributed by atoms with E-state index in [0.29, 0.717) is 12.2 Å². The van der Waals surface area contributed by atoms with E-state index < -0.39 is 29.3 Å². The molecule has 0 aliphatic heterocycles. The second-order valence-electron chi connectivity index (χ2n) is 6.79. The van der Waals surface area contributed by atoms with Gasteiger partial charge in [-0.1, -0.05) is 23.7 Å². The molecule has 0 saturated carbocycles. The first kappa shape index (κ1) is 22.4. The number of rotatable bonds is 5. The summed E-state index contributed by atoms with van der Waals surface area (Å²) >= 11 is 9.21. The van der Waals surface area contributed by atoms with Crippen molar-refractivity contribution >= 4 is 39.1 Å². The molecule has 1 aromatic carbocycles. The molecule has 0 radical (unpaired) electrons. The Bertz CT molecular complexity index is 1110. The van der Waals surface area contributed by atoms with Crippen molar-refractivity contribution in [2.24, 2.45) is 0 Å². The molecule has 160 valence electrons. The molecule has 30 heavy (non-hydrogen) atoms. The lowest BCUT2D eigenvalue weighted by Gasteiger charge is -2.10. The van der Waals surface area contributed by atoms with Gasteiger partial charge in [0.05, 0.1) is 33.1 Å². The lowest BCUT2D eigenvalue weighted by molar-refractivity contribution is -0.141. The van der Waals surface area contributed by atoms with Crippen molar-refractivity contribution in [1.29, 1.82) is 0 Å². The number of amides is 1. The Morgan fingerprint density at radius 1 is 1.17 bits per heavy atom. The Morgan fingerprint density at radius 2 is 1.87 bits per heavy atom. The fourth-order valence-corrected chi connectivity index (χ4v) is 3.47. The van der Waals surface area contributed by atoms with Crippen LogP contribution in [0, 0.1) is 20.8 Å². The molecule has 0 spiro atoms. The number of carbonyl (C=O) groups excluding carboxylic acids is 1. The van der Waals surface area contributed by atoms with Gasteiger partial charge in [0.1, 0.15) is 6.54 Å². The van der Waals surface area contributed by atoms with Crippen LogP contribution < -0.4 is 5.32 Å². The van der Waals surface area contributed by atoms with E-state index in [0.717, 1.165) is 26.1 Å². The maximum atomic E-state index is 12.9. The van der Waals surface area contributed by atoms with Crippen molar-refractivity contribution in [3.63, 3.8) is 0 Å². The zero-order chi connectivity index (χ0) is 22.2. The van der Waals surface area contributed by atoms with Gasteiger partial charge in [0.25, 0.3) is 0 Å². The molecule has 0 aliphatic rings. The van der Waals surface area contributed by atoms with E-state index in [1.807, 2.05) is 24.6 Å². The molecular formula is C19H18BrClF3N5O. The Balaban J connectivity index is 1.72. The van der Waals surface area contributed by atoms with Gasteiger partial charge < -0.3 is 5.32 Å². The molecule has 1 N–H and O–H groups in total. The smallest absolute Gasteiger partial charge is 0.324 e. The zero-order valence-electron chi connectivity index (χ0n) is 16.3. The molecule has 0 fully saturated rings. The lowest BCUT2D eigenvalue weighted by atomic mass is 10.2. The van der Waals surface area contributed by atoms with Crippen LogP contribution in [0.2, 0.25) is 5.02 Å². The minimum Gasteiger partial charge on any atom is -0.324 e. The molecule has 2 aromatic heterocycles. The third-order valence-electron chi connectivity index (χ3n) is 4.53. The van der Waals surface area contributed by atoms with Crippen molar-refractivity contribution in [2.45, 2.75) is 40.0 Å². The van der Waals surface area contributed by atoms with Crippen molar-refractivity contribution in [2.75, 3.05) is 5.32 Å². The number of anilines is 1. The maximum absolute atomic E-state index is 12.9. The van der Waals surface area contributed by atoms with E-state index in [2.05, 4.69) is 31.4 Å². The molecule has 0 saturated heterocycles. The van der Waals surface area contributed by atoms with Crippen molar-refractivity contribution in [3.05, 3.63) is 62.1 Å². The van der Waals surface area contributed by atoms with Crippen LogP contribution in [0.25, 0.3) is 0 Å².